The highest BCUT2D eigenvalue weighted by atomic mass is 16.1. The number of rotatable bonds is 6. The normalized spacial score (nSPS) is 18.2. The van der Waals surface area contributed by atoms with E-state index in [1.165, 1.54) is 0 Å². The molecule has 24 heavy (non-hydrogen) atoms. The van der Waals surface area contributed by atoms with E-state index in [9.17, 15) is 4.79 Å². The highest BCUT2D eigenvalue weighted by Crippen LogP contribution is 2.20. The minimum atomic E-state index is -0.258. The number of piperidine rings is 1. The number of amides is 1. The van der Waals surface area contributed by atoms with Crippen LogP contribution in [0.4, 0.5) is 11.5 Å². The first kappa shape index (κ1) is 16.4. The van der Waals surface area contributed by atoms with Gasteiger partial charge in [0.1, 0.15) is 0 Å². The molecule has 1 aromatic heterocycles. The summed E-state index contributed by atoms with van der Waals surface area (Å²) in [4.78, 5) is 13.2. The number of likely N-dealkylation sites (tertiary alicyclic amines) is 1. The van der Waals surface area contributed by atoms with Crippen molar-refractivity contribution in [2.45, 2.75) is 19.3 Å². The van der Waals surface area contributed by atoms with Crippen LogP contribution in [-0.2, 0) is 11.2 Å². The van der Waals surface area contributed by atoms with Crippen LogP contribution in [0.15, 0.2) is 42.5 Å². The average Bonchev–Trinajstić information content (AvgIpc) is 2.57. The summed E-state index contributed by atoms with van der Waals surface area (Å²) in [6.45, 7) is 2.20. The second-order valence-corrected chi connectivity index (χ2v) is 6.31. The molecule has 0 spiro atoms. The number of carbonyl (C=O) groups is 1. The molecule has 1 unspecified atom stereocenters. The highest BCUT2D eigenvalue weighted by Gasteiger charge is 2.21. The molecule has 1 fully saturated rings. The Morgan fingerprint density at radius 2 is 2.04 bits per heavy atom. The Hall–Kier alpha value is -2.47. The molecule has 126 valence electrons. The monoisotopic (exact) mass is 325 g/mol. The van der Waals surface area contributed by atoms with Gasteiger partial charge in [-0.1, -0.05) is 18.2 Å². The number of para-hydroxylation sites is 1. The predicted octanol–water partition coefficient (Wildman–Crippen LogP) is 1.96. The number of aromatic nitrogens is 2. The fourth-order valence-electron chi connectivity index (χ4n) is 3.18. The molecule has 3 N–H and O–H groups in total. The Morgan fingerprint density at radius 3 is 2.75 bits per heavy atom. The van der Waals surface area contributed by atoms with E-state index >= 15 is 0 Å². The Bertz CT molecular complexity index is 659. The summed E-state index contributed by atoms with van der Waals surface area (Å²) < 4.78 is 0. The van der Waals surface area contributed by atoms with E-state index in [4.69, 9.17) is 5.73 Å². The number of hydrogen-bond acceptors (Lipinski definition) is 5. The van der Waals surface area contributed by atoms with E-state index in [2.05, 4.69) is 20.4 Å². The highest BCUT2D eigenvalue weighted by molar-refractivity contribution is 5.75. The number of carbonyl (C=O) groups excluding carboxylic acids is 1. The number of anilines is 2. The Balaban J connectivity index is 1.55. The fourth-order valence-corrected chi connectivity index (χ4v) is 3.18. The van der Waals surface area contributed by atoms with Gasteiger partial charge >= 0.3 is 0 Å². The molecule has 6 nitrogen and oxygen atoms in total. The van der Waals surface area contributed by atoms with Crippen LogP contribution in [0.5, 0.6) is 0 Å². The minimum absolute atomic E-state index is 0.258. The van der Waals surface area contributed by atoms with Gasteiger partial charge in [0.15, 0.2) is 5.82 Å². The van der Waals surface area contributed by atoms with Gasteiger partial charge in [-0.05, 0) is 56.0 Å². The maximum Gasteiger partial charge on any atom is 0.231 e. The number of hydrogen-bond donors (Lipinski definition) is 2. The smallest absolute Gasteiger partial charge is 0.231 e. The third-order valence-corrected chi connectivity index (χ3v) is 4.25. The Kier molecular flexibility index (Phi) is 5.38. The van der Waals surface area contributed by atoms with Crippen LogP contribution < -0.4 is 11.1 Å². The third kappa shape index (κ3) is 4.76. The first-order valence-electron chi connectivity index (χ1n) is 8.34. The van der Waals surface area contributed by atoms with Gasteiger partial charge in [-0.3, -0.25) is 9.69 Å². The number of nitrogens with zero attached hydrogens (tertiary/aromatic N) is 3. The summed E-state index contributed by atoms with van der Waals surface area (Å²) in [5, 5.41) is 11.8. The summed E-state index contributed by atoms with van der Waals surface area (Å²) >= 11 is 0. The standard InChI is InChI=1S/C18H23N5O/c19-17(24)13-23-10-4-5-14(12-23)11-16-8-9-18(22-21-16)20-15-6-2-1-3-7-15/h1-3,6-9,14H,4-5,10-13H2,(H2,19,24)(H,20,22). The lowest BCUT2D eigenvalue weighted by Gasteiger charge is -2.31. The van der Waals surface area contributed by atoms with Crippen LogP contribution >= 0.6 is 0 Å². The summed E-state index contributed by atoms with van der Waals surface area (Å²) in [5.74, 6) is 0.982. The molecule has 0 radical (unpaired) electrons. The molecular weight excluding hydrogens is 302 g/mol. The molecule has 1 saturated heterocycles. The molecule has 0 saturated carbocycles. The Labute approximate surface area is 142 Å². The van der Waals surface area contributed by atoms with Crippen LogP contribution in [0.25, 0.3) is 0 Å². The number of nitrogens with two attached hydrogens (primary N) is 1. The number of nitrogens with one attached hydrogen (secondary N) is 1. The lowest BCUT2D eigenvalue weighted by molar-refractivity contribution is -0.119. The van der Waals surface area contributed by atoms with Gasteiger partial charge < -0.3 is 11.1 Å². The average molecular weight is 325 g/mol. The van der Waals surface area contributed by atoms with Crippen molar-refractivity contribution in [3.63, 3.8) is 0 Å². The van der Waals surface area contributed by atoms with Crippen molar-refractivity contribution in [2.75, 3.05) is 25.0 Å². The largest absolute Gasteiger partial charge is 0.369 e. The molecule has 1 aliphatic rings. The fraction of sp³-hybridized carbons (Fsp3) is 0.389. The van der Waals surface area contributed by atoms with Crippen molar-refractivity contribution in [1.82, 2.24) is 15.1 Å². The van der Waals surface area contributed by atoms with E-state index < -0.39 is 0 Å². The zero-order valence-electron chi connectivity index (χ0n) is 13.7. The molecule has 2 aromatic rings. The molecule has 0 aliphatic carbocycles. The minimum Gasteiger partial charge on any atom is -0.369 e. The van der Waals surface area contributed by atoms with Gasteiger partial charge in [-0.25, -0.2) is 0 Å². The van der Waals surface area contributed by atoms with Gasteiger partial charge in [0.25, 0.3) is 0 Å². The molecule has 6 heteroatoms. The SMILES string of the molecule is NC(=O)CN1CCCC(Cc2ccc(Nc3ccccc3)nn2)C1. The summed E-state index contributed by atoms with van der Waals surface area (Å²) in [6.07, 6.45) is 3.13. The van der Waals surface area contributed by atoms with Gasteiger partial charge in [-0.15, -0.1) is 5.10 Å². The van der Waals surface area contributed by atoms with Crippen molar-refractivity contribution in [3.05, 3.63) is 48.2 Å². The molecule has 1 amide bonds. The summed E-state index contributed by atoms with van der Waals surface area (Å²) in [5.41, 5.74) is 7.27. The third-order valence-electron chi connectivity index (χ3n) is 4.25. The van der Waals surface area contributed by atoms with E-state index in [0.717, 1.165) is 49.6 Å². The summed E-state index contributed by atoms with van der Waals surface area (Å²) in [6, 6.07) is 13.9. The summed E-state index contributed by atoms with van der Waals surface area (Å²) in [7, 11) is 0. The van der Waals surface area contributed by atoms with E-state index in [-0.39, 0.29) is 5.91 Å². The topological polar surface area (TPSA) is 84.1 Å². The molecule has 3 rings (SSSR count). The van der Waals surface area contributed by atoms with Gasteiger partial charge in [0.05, 0.1) is 12.2 Å². The van der Waals surface area contributed by atoms with Crippen molar-refractivity contribution in [3.8, 4) is 0 Å². The zero-order valence-corrected chi connectivity index (χ0v) is 13.7. The van der Waals surface area contributed by atoms with E-state index in [1.54, 1.807) is 0 Å². The second kappa shape index (κ2) is 7.88. The predicted molar refractivity (Wildman–Crippen MR) is 93.8 cm³/mol. The van der Waals surface area contributed by atoms with Crippen molar-refractivity contribution < 1.29 is 4.79 Å². The van der Waals surface area contributed by atoms with Crippen molar-refractivity contribution in [1.29, 1.82) is 0 Å². The quantitative estimate of drug-likeness (QED) is 0.848. The van der Waals surface area contributed by atoms with Gasteiger partial charge in [-0.2, -0.15) is 5.10 Å². The van der Waals surface area contributed by atoms with Crippen LogP contribution in [0.3, 0.4) is 0 Å². The molecule has 0 bridgehead atoms. The molecule has 1 aliphatic heterocycles. The maximum atomic E-state index is 11.1. The van der Waals surface area contributed by atoms with Crippen LogP contribution in [0.1, 0.15) is 18.5 Å². The van der Waals surface area contributed by atoms with Crippen LogP contribution in [0.2, 0.25) is 0 Å². The van der Waals surface area contributed by atoms with Crippen LogP contribution in [-0.4, -0.2) is 40.6 Å². The first-order valence-corrected chi connectivity index (χ1v) is 8.34. The second-order valence-electron chi connectivity index (χ2n) is 6.31. The lowest BCUT2D eigenvalue weighted by atomic mass is 9.93. The van der Waals surface area contributed by atoms with E-state index in [0.29, 0.717) is 12.5 Å². The lowest BCUT2D eigenvalue weighted by Crippen LogP contribution is -2.41. The molecule has 1 aromatic carbocycles. The van der Waals surface area contributed by atoms with Gasteiger partial charge in [0.2, 0.25) is 5.91 Å². The maximum absolute atomic E-state index is 11.1. The number of primary amides is 1. The molecule has 1 atom stereocenters. The molecule has 2 heterocycles. The van der Waals surface area contributed by atoms with Gasteiger partial charge in [0, 0.05) is 12.2 Å². The van der Waals surface area contributed by atoms with Crippen molar-refractivity contribution in [2.24, 2.45) is 11.7 Å². The molecular formula is C18H23N5O. The van der Waals surface area contributed by atoms with Crippen molar-refractivity contribution >= 4 is 17.4 Å². The van der Waals surface area contributed by atoms with E-state index in [1.807, 2.05) is 42.5 Å². The first-order chi connectivity index (χ1) is 11.7. The Morgan fingerprint density at radius 1 is 1.21 bits per heavy atom. The number of benzene rings is 1. The van der Waals surface area contributed by atoms with Crippen LogP contribution in [0, 0.1) is 5.92 Å². The zero-order chi connectivity index (χ0) is 16.8.